The molecule has 0 aromatic heterocycles. The summed E-state index contributed by atoms with van der Waals surface area (Å²) in [6.45, 7) is 4.16. The Morgan fingerprint density at radius 3 is 2.17 bits per heavy atom. The normalized spacial score (nSPS) is 11.3. The average Bonchev–Trinajstić information content (AvgIpc) is 2.87. The molecule has 0 atom stereocenters. The van der Waals surface area contributed by atoms with E-state index < -0.39 is 21.8 Å². The zero-order valence-electron chi connectivity index (χ0n) is 19.6. The molecule has 0 bridgehead atoms. The number of nitrogens with one attached hydrogen (secondary N) is 3. The van der Waals surface area contributed by atoms with Crippen LogP contribution in [0.4, 0.5) is 0 Å². The second-order valence-electron chi connectivity index (χ2n) is 7.69. The first-order chi connectivity index (χ1) is 16.8. The summed E-state index contributed by atoms with van der Waals surface area (Å²) in [5, 5.41) is 4.64. The molecule has 35 heavy (non-hydrogen) atoms. The average molecular weight is 497 g/mol. The number of hydrazine groups is 1. The van der Waals surface area contributed by atoms with Crippen LogP contribution in [0.3, 0.4) is 0 Å². The number of nitrogens with zero attached hydrogens (tertiary/aromatic N) is 1. The second kappa shape index (κ2) is 11.6. The van der Waals surface area contributed by atoms with Crippen molar-refractivity contribution in [1.29, 1.82) is 0 Å². The van der Waals surface area contributed by atoms with Gasteiger partial charge in [0.2, 0.25) is 15.9 Å². The van der Waals surface area contributed by atoms with Crippen LogP contribution >= 0.6 is 0 Å². The molecule has 0 saturated heterocycles. The summed E-state index contributed by atoms with van der Waals surface area (Å²) < 4.78 is 26.6. The molecule has 0 heterocycles. The monoisotopic (exact) mass is 496 g/mol. The molecule has 184 valence electrons. The highest BCUT2D eigenvalue weighted by molar-refractivity contribution is 7.89. The zero-order valence-corrected chi connectivity index (χ0v) is 20.4. The number of hydrogen-bond donors (Lipinski definition) is 3. The fraction of sp³-hybridized carbons (Fsp3) is 0.240. The summed E-state index contributed by atoms with van der Waals surface area (Å²) in [6.07, 6.45) is -0.0595. The minimum Gasteiger partial charge on any atom is -0.352 e. The first-order valence-electron chi connectivity index (χ1n) is 11.2. The largest absolute Gasteiger partial charge is 0.352 e. The van der Waals surface area contributed by atoms with Gasteiger partial charge in [0, 0.05) is 37.2 Å². The number of benzene rings is 3. The van der Waals surface area contributed by atoms with Crippen molar-refractivity contribution in [3.05, 3.63) is 77.9 Å². The van der Waals surface area contributed by atoms with Crippen molar-refractivity contribution in [1.82, 2.24) is 20.5 Å². The van der Waals surface area contributed by atoms with Crippen LogP contribution < -0.4 is 16.2 Å². The van der Waals surface area contributed by atoms with E-state index in [1.165, 1.54) is 28.6 Å². The number of amides is 3. The van der Waals surface area contributed by atoms with Gasteiger partial charge in [-0.2, -0.15) is 4.31 Å². The predicted molar refractivity (Wildman–Crippen MR) is 133 cm³/mol. The maximum absolute atomic E-state index is 12.7. The number of sulfonamides is 1. The number of carbonyl (C=O) groups is 3. The quantitative estimate of drug-likeness (QED) is 0.393. The van der Waals surface area contributed by atoms with Gasteiger partial charge in [0.15, 0.2) is 0 Å². The Labute approximate surface area is 204 Å². The number of rotatable bonds is 9. The maximum atomic E-state index is 12.7. The standard InChI is InChI=1S/C25H28N4O5S/c1-3-29(4-2)35(33,34)22-11-7-10-20(17-22)25(32)28-27-23(30)14-15-26-24(31)21-13-12-18-8-5-6-9-19(18)16-21/h5-13,16-17H,3-4,14-15H2,1-2H3,(H,26,31)(H,27,30)(H,28,32). The molecule has 3 rings (SSSR count). The Balaban J connectivity index is 1.50. The second-order valence-corrected chi connectivity index (χ2v) is 9.63. The van der Waals surface area contributed by atoms with E-state index >= 15 is 0 Å². The first kappa shape index (κ1) is 25.9. The molecular weight excluding hydrogens is 468 g/mol. The smallest absolute Gasteiger partial charge is 0.269 e. The maximum Gasteiger partial charge on any atom is 0.269 e. The summed E-state index contributed by atoms with van der Waals surface area (Å²) in [5.74, 6) is -1.47. The van der Waals surface area contributed by atoms with Gasteiger partial charge < -0.3 is 5.32 Å². The molecule has 3 amide bonds. The SMILES string of the molecule is CCN(CC)S(=O)(=O)c1cccc(C(=O)NNC(=O)CCNC(=O)c2ccc3ccccc3c2)c1. The van der Waals surface area contributed by atoms with Crippen molar-refractivity contribution in [3.8, 4) is 0 Å². The van der Waals surface area contributed by atoms with Crippen LogP contribution in [-0.2, 0) is 14.8 Å². The van der Waals surface area contributed by atoms with Crippen LogP contribution in [0, 0.1) is 0 Å². The first-order valence-corrected chi connectivity index (χ1v) is 12.7. The van der Waals surface area contributed by atoms with Crippen LogP contribution in [-0.4, -0.2) is 50.1 Å². The molecular formula is C25H28N4O5S. The minimum atomic E-state index is -3.72. The molecule has 0 aliphatic heterocycles. The van der Waals surface area contributed by atoms with E-state index in [0.717, 1.165) is 10.8 Å². The molecule has 0 saturated carbocycles. The van der Waals surface area contributed by atoms with Crippen molar-refractivity contribution in [2.24, 2.45) is 0 Å². The van der Waals surface area contributed by atoms with E-state index in [-0.39, 0.29) is 29.3 Å². The molecule has 0 radical (unpaired) electrons. The Kier molecular flexibility index (Phi) is 8.56. The third-order valence-electron chi connectivity index (χ3n) is 5.40. The molecule has 0 aliphatic rings. The summed E-state index contributed by atoms with van der Waals surface area (Å²) in [5.41, 5.74) is 5.11. The van der Waals surface area contributed by atoms with Crippen molar-refractivity contribution in [2.45, 2.75) is 25.2 Å². The van der Waals surface area contributed by atoms with Gasteiger partial charge in [-0.05, 0) is 41.1 Å². The summed E-state index contributed by atoms with van der Waals surface area (Å²) in [4.78, 5) is 36.8. The van der Waals surface area contributed by atoms with E-state index in [1.54, 1.807) is 26.0 Å². The zero-order chi connectivity index (χ0) is 25.4. The molecule has 0 unspecified atom stereocenters. The molecule has 9 nitrogen and oxygen atoms in total. The third kappa shape index (κ3) is 6.43. The van der Waals surface area contributed by atoms with Gasteiger partial charge in [-0.25, -0.2) is 8.42 Å². The fourth-order valence-corrected chi connectivity index (χ4v) is 5.00. The van der Waals surface area contributed by atoms with E-state index in [4.69, 9.17) is 0 Å². The lowest BCUT2D eigenvalue weighted by Crippen LogP contribution is -2.42. The summed E-state index contributed by atoms with van der Waals surface area (Å²) >= 11 is 0. The third-order valence-corrected chi connectivity index (χ3v) is 7.45. The van der Waals surface area contributed by atoms with E-state index in [9.17, 15) is 22.8 Å². The van der Waals surface area contributed by atoms with Crippen LogP contribution in [0.25, 0.3) is 10.8 Å². The van der Waals surface area contributed by atoms with E-state index in [2.05, 4.69) is 16.2 Å². The lowest BCUT2D eigenvalue weighted by atomic mass is 10.1. The highest BCUT2D eigenvalue weighted by atomic mass is 32.2. The van der Waals surface area contributed by atoms with Crippen LogP contribution in [0.15, 0.2) is 71.6 Å². The Morgan fingerprint density at radius 1 is 0.771 bits per heavy atom. The number of hydrogen-bond acceptors (Lipinski definition) is 5. The topological polar surface area (TPSA) is 125 Å². The molecule has 0 fully saturated rings. The molecule has 10 heteroatoms. The van der Waals surface area contributed by atoms with Gasteiger partial charge in [0.25, 0.3) is 11.8 Å². The van der Waals surface area contributed by atoms with Gasteiger partial charge in [0.05, 0.1) is 4.90 Å². The number of carbonyl (C=O) groups excluding carboxylic acids is 3. The number of fused-ring (bicyclic) bond motifs is 1. The molecule has 0 spiro atoms. The van der Waals surface area contributed by atoms with Crippen molar-refractivity contribution in [3.63, 3.8) is 0 Å². The molecule has 0 aliphatic carbocycles. The fourth-order valence-electron chi connectivity index (χ4n) is 3.49. The lowest BCUT2D eigenvalue weighted by molar-refractivity contribution is -0.121. The van der Waals surface area contributed by atoms with Crippen LogP contribution in [0.1, 0.15) is 41.0 Å². The van der Waals surface area contributed by atoms with Crippen molar-refractivity contribution in [2.75, 3.05) is 19.6 Å². The molecule has 3 aromatic rings. The predicted octanol–water partition coefficient (Wildman–Crippen LogP) is 2.45. The van der Waals surface area contributed by atoms with Gasteiger partial charge >= 0.3 is 0 Å². The van der Waals surface area contributed by atoms with Gasteiger partial charge in [-0.15, -0.1) is 0 Å². The summed E-state index contributed by atoms with van der Waals surface area (Å²) in [6, 6.07) is 18.6. The minimum absolute atomic E-state index is 0.00317. The van der Waals surface area contributed by atoms with Gasteiger partial charge in [-0.1, -0.05) is 50.2 Å². The summed E-state index contributed by atoms with van der Waals surface area (Å²) in [7, 11) is -3.72. The van der Waals surface area contributed by atoms with Crippen molar-refractivity contribution >= 4 is 38.5 Å². The van der Waals surface area contributed by atoms with Gasteiger partial charge in [0.1, 0.15) is 0 Å². The van der Waals surface area contributed by atoms with E-state index in [1.807, 2.05) is 30.3 Å². The molecule has 3 N–H and O–H groups in total. The van der Waals surface area contributed by atoms with Gasteiger partial charge in [-0.3, -0.25) is 25.2 Å². The lowest BCUT2D eigenvalue weighted by Gasteiger charge is -2.18. The Bertz CT molecular complexity index is 1340. The van der Waals surface area contributed by atoms with Crippen LogP contribution in [0.5, 0.6) is 0 Å². The highest BCUT2D eigenvalue weighted by Gasteiger charge is 2.22. The highest BCUT2D eigenvalue weighted by Crippen LogP contribution is 2.17. The Hall–Kier alpha value is -3.76. The van der Waals surface area contributed by atoms with E-state index in [0.29, 0.717) is 18.7 Å². The molecule has 3 aromatic carbocycles. The van der Waals surface area contributed by atoms with Crippen LogP contribution in [0.2, 0.25) is 0 Å². The van der Waals surface area contributed by atoms with Crippen molar-refractivity contribution < 1.29 is 22.8 Å². The Morgan fingerprint density at radius 2 is 1.46 bits per heavy atom.